The molecule has 4 nitrogen and oxygen atoms in total. The van der Waals surface area contributed by atoms with Crippen LogP contribution in [-0.4, -0.2) is 16.3 Å². The molecule has 2 atom stereocenters. The van der Waals surface area contributed by atoms with E-state index >= 15 is 0 Å². The van der Waals surface area contributed by atoms with Crippen molar-refractivity contribution in [3.8, 4) is 17.1 Å². The fourth-order valence-corrected chi connectivity index (χ4v) is 8.49. The molecule has 0 spiro atoms. The molecule has 240 valence electrons. The van der Waals surface area contributed by atoms with Crippen LogP contribution < -0.4 is 4.57 Å². The lowest BCUT2D eigenvalue weighted by atomic mass is 9.78. The van der Waals surface area contributed by atoms with Crippen LogP contribution in [0.1, 0.15) is 61.8 Å². The number of allylic oxidation sites excluding steroid dienone is 1. The average molecular weight is 639 g/mol. The summed E-state index contributed by atoms with van der Waals surface area (Å²) < 4.78 is 11.8. The number of aryl methyl sites for hydroxylation is 1. The van der Waals surface area contributed by atoms with Crippen LogP contribution in [0.3, 0.4) is 0 Å². The highest BCUT2D eigenvalue weighted by Gasteiger charge is 2.39. The Kier molecular flexibility index (Phi) is 6.67. The van der Waals surface area contributed by atoms with E-state index in [1.807, 2.05) is 6.08 Å². The van der Waals surface area contributed by atoms with Crippen LogP contribution in [0.25, 0.3) is 55.7 Å². The van der Waals surface area contributed by atoms with Gasteiger partial charge < -0.3 is 4.42 Å². The molecule has 4 heteroatoms. The lowest BCUT2D eigenvalue weighted by Gasteiger charge is -2.32. The van der Waals surface area contributed by atoms with Gasteiger partial charge in [-0.1, -0.05) is 119 Å². The minimum atomic E-state index is -0.0841. The molecule has 2 aromatic heterocycles. The molecule has 7 aromatic rings. The second-order valence-corrected chi connectivity index (χ2v) is 14.6. The third kappa shape index (κ3) is 4.50. The Hall–Kier alpha value is -5.48. The maximum absolute atomic E-state index is 6.90. The number of imidazole rings is 1. The van der Waals surface area contributed by atoms with Crippen LogP contribution in [-0.2, 0) is 11.8 Å². The van der Waals surface area contributed by atoms with E-state index in [9.17, 15) is 0 Å². The standard InChI is InChI=1S/C45H40N3O/c1-6-36-31-16-8-7-15-30(31)32-25-23-29-24-26-34-33-17-9-14-22-41(33)49-43(34)42(29)44-47(28(2)27-37(32)46-36)39-20-12-13-21-40(39)48(44)38-19-11-10-18-35(38)45(3,4)5/h6-22,24,26,32,37H,1-2,23,25,27H2,3-5H3/q+1. The summed E-state index contributed by atoms with van der Waals surface area (Å²) in [4.78, 5) is 5.39. The molecule has 0 N–H and O–H groups in total. The highest BCUT2D eigenvalue weighted by molar-refractivity contribution is 6.11. The van der Waals surface area contributed by atoms with Crippen molar-refractivity contribution >= 4 is 44.4 Å². The molecule has 0 aliphatic carbocycles. The number of nitrogens with zero attached hydrogens (tertiary/aromatic N) is 3. The van der Waals surface area contributed by atoms with Gasteiger partial charge in [-0.15, -0.1) is 0 Å². The van der Waals surface area contributed by atoms with E-state index in [4.69, 9.17) is 16.0 Å². The van der Waals surface area contributed by atoms with Gasteiger partial charge in [-0.3, -0.25) is 4.99 Å². The average Bonchev–Trinajstić information content (AvgIpc) is 3.66. The molecule has 49 heavy (non-hydrogen) atoms. The molecule has 2 aliphatic heterocycles. The molecule has 4 heterocycles. The Morgan fingerprint density at radius 2 is 1.61 bits per heavy atom. The summed E-state index contributed by atoms with van der Waals surface area (Å²) >= 11 is 0. The van der Waals surface area contributed by atoms with Crippen molar-refractivity contribution in [1.82, 2.24) is 4.57 Å². The summed E-state index contributed by atoms with van der Waals surface area (Å²) in [7, 11) is 0. The number of rotatable bonds is 2. The second-order valence-electron chi connectivity index (χ2n) is 14.6. The van der Waals surface area contributed by atoms with Crippen molar-refractivity contribution in [3.05, 3.63) is 151 Å². The minimum absolute atomic E-state index is 0.0382. The molecule has 0 saturated carbocycles. The summed E-state index contributed by atoms with van der Waals surface area (Å²) in [5, 5.41) is 2.26. The molecular formula is C45H40N3O+. The van der Waals surface area contributed by atoms with E-state index in [0.717, 1.165) is 68.6 Å². The molecule has 2 aliphatic rings. The molecular weight excluding hydrogens is 599 g/mol. The minimum Gasteiger partial charge on any atom is -0.455 e. The Labute approximate surface area is 287 Å². The van der Waals surface area contributed by atoms with E-state index in [0.29, 0.717) is 6.42 Å². The van der Waals surface area contributed by atoms with Crippen molar-refractivity contribution < 1.29 is 8.98 Å². The molecule has 0 bridgehead atoms. The lowest BCUT2D eigenvalue weighted by Crippen LogP contribution is -2.38. The summed E-state index contributed by atoms with van der Waals surface area (Å²) in [5.41, 5.74) is 13.4. The van der Waals surface area contributed by atoms with Gasteiger partial charge >= 0.3 is 5.82 Å². The van der Waals surface area contributed by atoms with Crippen molar-refractivity contribution in [2.24, 2.45) is 4.99 Å². The van der Waals surface area contributed by atoms with Gasteiger partial charge in [0.1, 0.15) is 22.5 Å². The largest absolute Gasteiger partial charge is 0.455 e. The van der Waals surface area contributed by atoms with Crippen LogP contribution in [0.5, 0.6) is 0 Å². The fraction of sp³-hybridized carbons (Fsp3) is 0.200. The van der Waals surface area contributed by atoms with Crippen molar-refractivity contribution in [1.29, 1.82) is 0 Å². The van der Waals surface area contributed by atoms with Gasteiger partial charge in [-0.25, -0.2) is 0 Å². The van der Waals surface area contributed by atoms with Crippen LogP contribution >= 0.6 is 0 Å². The Balaban J connectivity index is 1.42. The second kappa shape index (κ2) is 11.0. The highest BCUT2D eigenvalue weighted by Crippen LogP contribution is 2.45. The number of hydrogen-bond donors (Lipinski definition) is 0. The number of benzene rings is 5. The Morgan fingerprint density at radius 3 is 2.47 bits per heavy atom. The molecule has 0 fully saturated rings. The van der Waals surface area contributed by atoms with Gasteiger partial charge in [0, 0.05) is 34.2 Å². The monoisotopic (exact) mass is 638 g/mol. The van der Waals surface area contributed by atoms with Crippen LogP contribution in [0.4, 0.5) is 0 Å². The highest BCUT2D eigenvalue weighted by atomic mass is 16.3. The number of aliphatic imine (C=N–C) groups is 1. The van der Waals surface area contributed by atoms with Gasteiger partial charge in [-0.05, 0) is 59.7 Å². The smallest absolute Gasteiger partial charge is 0.304 e. The number of furan rings is 1. The number of para-hydroxylation sites is 4. The molecule has 2 unspecified atom stereocenters. The van der Waals surface area contributed by atoms with E-state index in [2.05, 4.69) is 146 Å². The first-order chi connectivity index (χ1) is 23.8. The first-order valence-electron chi connectivity index (χ1n) is 17.4. The first kappa shape index (κ1) is 29.6. The van der Waals surface area contributed by atoms with Gasteiger partial charge in [-0.2, -0.15) is 9.13 Å². The van der Waals surface area contributed by atoms with Crippen molar-refractivity contribution in [3.63, 3.8) is 0 Å². The first-order valence-corrected chi connectivity index (χ1v) is 17.4. The molecule has 0 saturated heterocycles. The SMILES string of the molecule is C=CC1=NC2CC(=C)[n+]3c(n(-c4ccccc4C(C)(C)C)c4ccccc43)-c3c(ccc4c3oc3ccccc34)CCC2c2ccccc21. The predicted octanol–water partition coefficient (Wildman–Crippen LogP) is 10.7. The topological polar surface area (TPSA) is 34.3 Å². The van der Waals surface area contributed by atoms with Crippen LogP contribution in [0.2, 0.25) is 0 Å². The molecule has 9 rings (SSSR count). The molecule has 0 radical (unpaired) electrons. The number of hydrogen-bond acceptors (Lipinski definition) is 2. The maximum atomic E-state index is 6.90. The normalized spacial score (nSPS) is 17.7. The van der Waals surface area contributed by atoms with E-state index < -0.39 is 0 Å². The third-order valence-electron chi connectivity index (χ3n) is 10.7. The fourth-order valence-electron chi connectivity index (χ4n) is 8.49. The van der Waals surface area contributed by atoms with Gasteiger partial charge in [0.2, 0.25) is 0 Å². The quantitative estimate of drug-likeness (QED) is 0.174. The lowest BCUT2D eigenvalue weighted by molar-refractivity contribution is -0.542. The van der Waals surface area contributed by atoms with Gasteiger partial charge in [0.15, 0.2) is 16.6 Å². The zero-order valence-electron chi connectivity index (χ0n) is 28.4. The number of fused-ring (bicyclic) bond motifs is 12. The number of aromatic nitrogens is 2. The Bertz CT molecular complexity index is 2520. The van der Waals surface area contributed by atoms with E-state index in [-0.39, 0.29) is 17.4 Å². The Morgan fingerprint density at radius 1 is 0.857 bits per heavy atom. The van der Waals surface area contributed by atoms with Crippen LogP contribution in [0, 0.1) is 0 Å². The zero-order chi connectivity index (χ0) is 33.4. The van der Waals surface area contributed by atoms with Gasteiger partial charge in [0.05, 0.1) is 11.8 Å². The summed E-state index contributed by atoms with van der Waals surface area (Å²) in [6.45, 7) is 15.9. The third-order valence-corrected chi connectivity index (χ3v) is 10.7. The summed E-state index contributed by atoms with van der Waals surface area (Å²) in [6, 6.07) is 39.4. The van der Waals surface area contributed by atoms with Crippen LogP contribution in [0.15, 0.2) is 138 Å². The van der Waals surface area contributed by atoms with Crippen molar-refractivity contribution in [2.45, 2.75) is 57.4 Å². The van der Waals surface area contributed by atoms with Gasteiger partial charge in [0.25, 0.3) is 0 Å². The molecule has 0 amide bonds. The van der Waals surface area contributed by atoms with E-state index in [1.54, 1.807) is 0 Å². The summed E-state index contributed by atoms with van der Waals surface area (Å²) in [6.07, 6.45) is 4.47. The maximum Gasteiger partial charge on any atom is 0.304 e. The zero-order valence-corrected chi connectivity index (χ0v) is 28.4. The summed E-state index contributed by atoms with van der Waals surface area (Å²) in [5.74, 6) is 1.32. The van der Waals surface area contributed by atoms with Crippen molar-refractivity contribution in [2.75, 3.05) is 0 Å². The van der Waals surface area contributed by atoms with E-state index in [1.165, 1.54) is 27.9 Å². The predicted molar refractivity (Wildman–Crippen MR) is 203 cm³/mol. The molecule has 5 aromatic carbocycles.